The third-order valence-electron chi connectivity index (χ3n) is 3.13. The first-order valence-corrected chi connectivity index (χ1v) is 6.87. The molecule has 0 aliphatic heterocycles. The van der Waals surface area contributed by atoms with Crippen molar-refractivity contribution in [3.05, 3.63) is 40.7 Å². The number of hydrogen-bond donors (Lipinski definition) is 1. The molecule has 102 valence electrons. The van der Waals surface area contributed by atoms with Crippen molar-refractivity contribution in [2.24, 2.45) is 7.05 Å². The van der Waals surface area contributed by atoms with Crippen LogP contribution in [0, 0.1) is 0 Å². The summed E-state index contributed by atoms with van der Waals surface area (Å²) in [4.78, 5) is 0. The van der Waals surface area contributed by atoms with Crippen molar-refractivity contribution < 1.29 is 0 Å². The highest BCUT2D eigenvalue weighted by molar-refractivity contribution is 6.30. The van der Waals surface area contributed by atoms with E-state index in [1.54, 1.807) is 0 Å². The Morgan fingerprint density at radius 3 is 2.68 bits per heavy atom. The predicted octanol–water partition coefficient (Wildman–Crippen LogP) is 3.58. The van der Waals surface area contributed by atoms with Crippen LogP contribution < -0.4 is 5.32 Å². The molecule has 1 heterocycles. The van der Waals surface area contributed by atoms with Crippen LogP contribution in [0.25, 0.3) is 11.1 Å². The van der Waals surface area contributed by atoms with E-state index < -0.39 is 0 Å². The number of aromatic nitrogens is 2. The van der Waals surface area contributed by atoms with Crippen LogP contribution in [0.3, 0.4) is 0 Å². The van der Waals surface area contributed by atoms with Crippen molar-refractivity contribution in [1.82, 2.24) is 15.1 Å². The fourth-order valence-electron chi connectivity index (χ4n) is 2.28. The van der Waals surface area contributed by atoms with E-state index in [0.717, 1.165) is 17.3 Å². The van der Waals surface area contributed by atoms with E-state index in [0.29, 0.717) is 5.92 Å². The lowest BCUT2D eigenvalue weighted by Gasteiger charge is -2.11. The largest absolute Gasteiger partial charge is 0.316 e. The maximum atomic E-state index is 6.16. The monoisotopic (exact) mass is 277 g/mol. The van der Waals surface area contributed by atoms with Gasteiger partial charge in [0.2, 0.25) is 0 Å². The Kier molecular flexibility index (Phi) is 4.27. The Morgan fingerprint density at radius 2 is 2.05 bits per heavy atom. The van der Waals surface area contributed by atoms with Crippen LogP contribution in [-0.2, 0) is 13.6 Å². The summed E-state index contributed by atoms with van der Waals surface area (Å²) in [7, 11) is 3.91. The average molecular weight is 278 g/mol. The Labute approximate surface area is 119 Å². The summed E-state index contributed by atoms with van der Waals surface area (Å²) in [6.07, 6.45) is 2.07. The number of nitrogens with zero attached hydrogens (tertiary/aromatic N) is 2. The maximum Gasteiger partial charge on any atom is 0.0728 e. The van der Waals surface area contributed by atoms with Gasteiger partial charge in [0.1, 0.15) is 0 Å². The fourth-order valence-corrected chi connectivity index (χ4v) is 2.46. The molecule has 1 aromatic carbocycles. The van der Waals surface area contributed by atoms with Crippen molar-refractivity contribution in [1.29, 1.82) is 0 Å². The molecular weight excluding hydrogens is 258 g/mol. The van der Waals surface area contributed by atoms with E-state index in [2.05, 4.69) is 36.5 Å². The zero-order chi connectivity index (χ0) is 14.0. The first kappa shape index (κ1) is 14.1. The van der Waals surface area contributed by atoms with E-state index in [9.17, 15) is 0 Å². The summed E-state index contributed by atoms with van der Waals surface area (Å²) >= 11 is 6.16. The van der Waals surface area contributed by atoms with Gasteiger partial charge in [-0.15, -0.1) is 0 Å². The summed E-state index contributed by atoms with van der Waals surface area (Å²) < 4.78 is 1.87. The van der Waals surface area contributed by atoms with Gasteiger partial charge in [-0.2, -0.15) is 5.10 Å². The molecule has 19 heavy (non-hydrogen) atoms. The molecule has 3 nitrogen and oxygen atoms in total. The summed E-state index contributed by atoms with van der Waals surface area (Å²) in [5.74, 6) is 0.387. The number of halogens is 1. The van der Waals surface area contributed by atoms with Gasteiger partial charge >= 0.3 is 0 Å². The first-order chi connectivity index (χ1) is 9.02. The number of rotatable bonds is 4. The molecule has 0 aliphatic carbocycles. The third-order valence-corrected chi connectivity index (χ3v) is 3.37. The summed E-state index contributed by atoms with van der Waals surface area (Å²) in [5.41, 5.74) is 4.69. The van der Waals surface area contributed by atoms with Crippen LogP contribution in [-0.4, -0.2) is 16.8 Å². The van der Waals surface area contributed by atoms with E-state index in [-0.39, 0.29) is 0 Å². The number of benzene rings is 1. The molecule has 0 saturated carbocycles. The minimum Gasteiger partial charge on any atom is -0.316 e. The fraction of sp³-hybridized carbons (Fsp3) is 0.400. The van der Waals surface area contributed by atoms with Gasteiger partial charge in [0.15, 0.2) is 0 Å². The molecule has 2 rings (SSSR count). The quantitative estimate of drug-likeness (QED) is 0.926. The Bertz CT molecular complexity index is 573. The smallest absolute Gasteiger partial charge is 0.0728 e. The average Bonchev–Trinajstić information content (AvgIpc) is 2.74. The second-order valence-electron chi connectivity index (χ2n) is 5.09. The number of hydrogen-bond acceptors (Lipinski definition) is 2. The van der Waals surface area contributed by atoms with Crippen LogP contribution in [0.15, 0.2) is 24.4 Å². The minimum absolute atomic E-state index is 0.387. The normalized spacial score (nSPS) is 11.3. The van der Waals surface area contributed by atoms with E-state index in [1.165, 1.54) is 16.7 Å². The van der Waals surface area contributed by atoms with Crippen molar-refractivity contribution in [3.8, 4) is 11.1 Å². The Morgan fingerprint density at radius 1 is 1.32 bits per heavy atom. The van der Waals surface area contributed by atoms with E-state index in [1.807, 2.05) is 30.9 Å². The Hall–Kier alpha value is -1.32. The highest BCUT2D eigenvalue weighted by Crippen LogP contribution is 2.32. The van der Waals surface area contributed by atoms with Gasteiger partial charge in [-0.3, -0.25) is 4.68 Å². The van der Waals surface area contributed by atoms with Gasteiger partial charge in [-0.25, -0.2) is 0 Å². The van der Waals surface area contributed by atoms with Crippen molar-refractivity contribution in [2.45, 2.75) is 26.3 Å². The van der Waals surface area contributed by atoms with E-state index in [4.69, 9.17) is 11.6 Å². The lowest BCUT2D eigenvalue weighted by atomic mass is 9.96. The van der Waals surface area contributed by atoms with Gasteiger partial charge in [0.25, 0.3) is 0 Å². The molecule has 0 spiro atoms. The van der Waals surface area contributed by atoms with Crippen LogP contribution >= 0.6 is 11.6 Å². The van der Waals surface area contributed by atoms with Gasteiger partial charge < -0.3 is 5.32 Å². The highest BCUT2D eigenvalue weighted by atomic mass is 35.5. The molecule has 4 heteroatoms. The van der Waals surface area contributed by atoms with Crippen LogP contribution in [0.5, 0.6) is 0 Å². The van der Waals surface area contributed by atoms with Gasteiger partial charge in [0.05, 0.1) is 5.69 Å². The van der Waals surface area contributed by atoms with Gasteiger partial charge in [0, 0.05) is 30.4 Å². The molecule has 1 N–H and O–H groups in total. The molecule has 0 bridgehead atoms. The number of nitrogens with one attached hydrogen (secondary N) is 1. The standard InChI is InChI=1S/C15H20ClN3/c1-10(2)15-14(9-19(4)18-15)13-7-12(16)6-5-11(13)8-17-3/h5-7,9-10,17H,8H2,1-4H3. The van der Waals surface area contributed by atoms with Crippen LogP contribution in [0.1, 0.15) is 31.0 Å². The van der Waals surface area contributed by atoms with E-state index >= 15 is 0 Å². The Balaban J connectivity index is 2.60. The van der Waals surface area contributed by atoms with Crippen LogP contribution in [0.4, 0.5) is 0 Å². The van der Waals surface area contributed by atoms with Crippen LogP contribution in [0.2, 0.25) is 5.02 Å². The minimum atomic E-state index is 0.387. The predicted molar refractivity (Wildman–Crippen MR) is 80.5 cm³/mol. The molecule has 0 aliphatic rings. The molecule has 2 aromatic rings. The molecule has 0 radical (unpaired) electrons. The van der Waals surface area contributed by atoms with Gasteiger partial charge in [-0.05, 0) is 36.2 Å². The molecule has 0 atom stereocenters. The highest BCUT2D eigenvalue weighted by Gasteiger charge is 2.16. The summed E-state index contributed by atoms with van der Waals surface area (Å²) in [6, 6.07) is 6.03. The topological polar surface area (TPSA) is 29.9 Å². The zero-order valence-corrected chi connectivity index (χ0v) is 12.6. The maximum absolute atomic E-state index is 6.16. The molecule has 0 amide bonds. The molecule has 0 unspecified atom stereocenters. The molecule has 1 aromatic heterocycles. The molecular formula is C15H20ClN3. The second-order valence-corrected chi connectivity index (χ2v) is 5.52. The van der Waals surface area contributed by atoms with Gasteiger partial charge in [-0.1, -0.05) is 31.5 Å². The van der Waals surface area contributed by atoms with Crippen molar-refractivity contribution >= 4 is 11.6 Å². The zero-order valence-electron chi connectivity index (χ0n) is 11.9. The molecule has 0 saturated heterocycles. The summed E-state index contributed by atoms with van der Waals surface area (Å²) in [6.45, 7) is 5.14. The van der Waals surface area contributed by atoms with Crippen molar-refractivity contribution in [3.63, 3.8) is 0 Å². The third kappa shape index (κ3) is 2.99. The second kappa shape index (κ2) is 5.76. The van der Waals surface area contributed by atoms with Crippen molar-refractivity contribution in [2.75, 3.05) is 7.05 Å². The molecule has 0 fully saturated rings. The lowest BCUT2D eigenvalue weighted by Crippen LogP contribution is -2.06. The lowest BCUT2D eigenvalue weighted by molar-refractivity contribution is 0.713. The SMILES string of the molecule is CNCc1ccc(Cl)cc1-c1cn(C)nc1C(C)C. The number of aryl methyl sites for hydroxylation is 1. The summed E-state index contributed by atoms with van der Waals surface area (Å²) in [5, 5.41) is 8.53. The first-order valence-electron chi connectivity index (χ1n) is 6.50.